The third kappa shape index (κ3) is 4.00. The molecule has 0 aromatic carbocycles. The summed E-state index contributed by atoms with van der Waals surface area (Å²) in [5, 5.41) is 3.43. The minimum atomic E-state index is 0.733. The highest BCUT2D eigenvalue weighted by atomic mass is 14.9. The van der Waals surface area contributed by atoms with Crippen LogP contribution in [0.2, 0.25) is 0 Å². The van der Waals surface area contributed by atoms with Gasteiger partial charge in [0.1, 0.15) is 0 Å². The van der Waals surface area contributed by atoms with E-state index in [4.69, 9.17) is 0 Å². The van der Waals surface area contributed by atoms with Crippen molar-refractivity contribution < 1.29 is 0 Å². The first kappa shape index (κ1) is 12.0. The van der Waals surface area contributed by atoms with E-state index in [1.165, 1.54) is 44.9 Å². The maximum Gasteiger partial charge on any atom is 0.00870 e. The summed E-state index contributed by atoms with van der Waals surface area (Å²) < 4.78 is 0. The summed E-state index contributed by atoms with van der Waals surface area (Å²) in [4.78, 5) is 0. The van der Waals surface area contributed by atoms with Crippen molar-refractivity contribution >= 4 is 0 Å². The van der Waals surface area contributed by atoms with E-state index in [2.05, 4.69) is 26.2 Å². The number of nitrogens with one attached hydrogen (secondary N) is 1. The Kier molecular flexibility index (Phi) is 5.54. The van der Waals surface area contributed by atoms with Crippen LogP contribution in [0.3, 0.4) is 0 Å². The molecule has 1 heteroatoms. The molecule has 1 nitrogen and oxygen atoms in total. The van der Waals surface area contributed by atoms with Crippen LogP contribution in [0.1, 0.15) is 58.8 Å². The van der Waals surface area contributed by atoms with Crippen LogP contribution < -0.4 is 5.32 Å². The standard InChI is InChI=1S/C13H27N/c1-11(2)13(14-3)10-6-9-12-7-4-5-8-12/h11-14H,4-10H2,1-3H3. The summed E-state index contributed by atoms with van der Waals surface area (Å²) in [5.41, 5.74) is 0. The first-order valence-electron chi connectivity index (χ1n) is 6.41. The highest BCUT2D eigenvalue weighted by Gasteiger charge is 2.16. The van der Waals surface area contributed by atoms with E-state index < -0.39 is 0 Å². The molecule has 0 radical (unpaired) electrons. The minimum absolute atomic E-state index is 0.733. The second kappa shape index (κ2) is 6.44. The van der Waals surface area contributed by atoms with Crippen LogP contribution in [-0.4, -0.2) is 13.1 Å². The third-order valence-electron chi connectivity index (χ3n) is 3.78. The molecule has 0 saturated heterocycles. The van der Waals surface area contributed by atoms with Gasteiger partial charge in [-0.1, -0.05) is 52.4 Å². The monoisotopic (exact) mass is 197 g/mol. The van der Waals surface area contributed by atoms with Gasteiger partial charge in [-0.05, 0) is 25.3 Å². The normalized spacial score (nSPS) is 20.6. The smallest absolute Gasteiger partial charge is 0.00870 e. The van der Waals surface area contributed by atoms with E-state index in [-0.39, 0.29) is 0 Å². The molecule has 1 atom stereocenters. The zero-order valence-corrected chi connectivity index (χ0v) is 10.2. The van der Waals surface area contributed by atoms with Gasteiger partial charge in [0.05, 0.1) is 0 Å². The van der Waals surface area contributed by atoms with Crippen molar-refractivity contribution in [2.75, 3.05) is 7.05 Å². The predicted octanol–water partition coefficient (Wildman–Crippen LogP) is 3.59. The van der Waals surface area contributed by atoms with Crippen molar-refractivity contribution in [1.29, 1.82) is 0 Å². The average Bonchev–Trinajstić information content (AvgIpc) is 2.64. The molecule has 1 N–H and O–H groups in total. The van der Waals surface area contributed by atoms with Gasteiger partial charge in [0.2, 0.25) is 0 Å². The Balaban J connectivity index is 2.06. The Labute approximate surface area is 89.7 Å². The zero-order valence-electron chi connectivity index (χ0n) is 10.2. The van der Waals surface area contributed by atoms with E-state index in [1.807, 2.05) is 0 Å². The zero-order chi connectivity index (χ0) is 10.4. The van der Waals surface area contributed by atoms with Crippen LogP contribution in [0.25, 0.3) is 0 Å². The fourth-order valence-corrected chi connectivity index (χ4v) is 2.74. The summed E-state index contributed by atoms with van der Waals surface area (Å²) >= 11 is 0. The van der Waals surface area contributed by atoms with Crippen LogP contribution in [0.4, 0.5) is 0 Å². The van der Waals surface area contributed by atoms with Gasteiger partial charge in [-0.2, -0.15) is 0 Å². The lowest BCUT2D eigenvalue weighted by atomic mass is 9.94. The molecule has 1 aliphatic carbocycles. The van der Waals surface area contributed by atoms with Gasteiger partial charge < -0.3 is 5.32 Å². The second-order valence-corrected chi connectivity index (χ2v) is 5.22. The molecule has 1 saturated carbocycles. The minimum Gasteiger partial charge on any atom is -0.317 e. The summed E-state index contributed by atoms with van der Waals surface area (Å²) in [6, 6.07) is 0.733. The Hall–Kier alpha value is -0.0400. The molecule has 1 rings (SSSR count). The molecule has 1 fully saturated rings. The maximum atomic E-state index is 3.43. The molecule has 0 amide bonds. The highest BCUT2D eigenvalue weighted by molar-refractivity contribution is 4.71. The number of rotatable bonds is 6. The van der Waals surface area contributed by atoms with E-state index in [1.54, 1.807) is 0 Å². The van der Waals surface area contributed by atoms with E-state index in [0.717, 1.165) is 17.9 Å². The van der Waals surface area contributed by atoms with Crippen LogP contribution in [0, 0.1) is 11.8 Å². The van der Waals surface area contributed by atoms with Gasteiger partial charge in [0.15, 0.2) is 0 Å². The molecule has 1 unspecified atom stereocenters. The second-order valence-electron chi connectivity index (χ2n) is 5.22. The summed E-state index contributed by atoms with van der Waals surface area (Å²) in [6.45, 7) is 4.63. The van der Waals surface area contributed by atoms with E-state index in [0.29, 0.717) is 0 Å². The Morgan fingerprint density at radius 1 is 1.21 bits per heavy atom. The molecular weight excluding hydrogens is 170 g/mol. The van der Waals surface area contributed by atoms with Crippen molar-refractivity contribution in [3.05, 3.63) is 0 Å². The van der Waals surface area contributed by atoms with Gasteiger partial charge in [0, 0.05) is 6.04 Å². The Morgan fingerprint density at radius 2 is 1.86 bits per heavy atom. The van der Waals surface area contributed by atoms with Gasteiger partial charge >= 0.3 is 0 Å². The molecule has 0 aliphatic heterocycles. The average molecular weight is 197 g/mol. The molecule has 1 aliphatic rings. The SMILES string of the molecule is CNC(CCCC1CCCC1)C(C)C. The number of hydrogen-bond donors (Lipinski definition) is 1. The topological polar surface area (TPSA) is 12.0 Å². The van der Waals surface area contributed by atoms with E-state index in [9.17, 15) is 0 Å². The molecule has 14 heavy (non-hydrogen) atoms. The molecule has 0 aromatic rings. The first-order valence-corrected chi connectivity index (χ1v) is 6.41. The quantitative estimate of drug-likeness (QED) is 0.686. The lowest BCUT2D eigenvalue weighted by Gasteiger charge is -2.20. The molecule has 0 heterocycles. The van der Waals surface area contributed by atoms with Crippen molar-refractivity contribution in [2.45, 2.75) is 64.8 Å². The van der Waals surface area contributed by atoms with Gasteiger partial charge in [-0.3, -0.25) is 0 Å². The highest BCUT2D eigenvalue weighted by Crippen LogP contribution is 2.29. The summed E-state index contributed by atoms with van der Waals surface area (Å²) in [5.74, 6) is 1.85. The summed E-state index contributed by atoms with van der Waals surface area (Å²) in [6.07, 6.45) is 10.3. The van der Waals surface area contributed by atoms with Crippen LogP contribution in [0.5, 0.6) is 0 Å². The molecule has 0 spiro atoms. The van der Waals surface area contributed by atoms with Crippen molar-refractivity contribution in [3.8, 4) is 0 Å². The van der Waals surface area contributed by atoms with Crippen LogP contribution in [0.15, 0.2) is 0 Å². The largest absolute Gasteiger partial charge is 0.317 e. The maximum absolute atomic E-state index is 3.43. The van der Waals surface area contributed by atoms with Gasteiger partial charge in [-0.25, -0.2) is 0 Å². The Bertz CT molecular complexity index is 136. The molecule has 0 bridgehead atoms. The van der Waals surface area contributed by atoms with Crippen LogP contribution >= 0.6 is 0 Å². The van der Waals surface area contributed by atoms with Crippen LogP contribution in [-0.2, 0) is 0 Å². The van der Waals surface area contributed by atoms with Crippen molar-refractivity contribution in [3.63, 3.8) is 0 Å². The third-order valence-corrected chi connectivity index (χ3v) is 3.78. The summed E-state index contributed by atoms with van der Waals surface area (Å²) in [7, 11) is 2.10. The van der Waals surface area contributed by atoms with E-state index >= 15 is 0 Å². The first-order chi connectivity index (χ1) is 6.74. The molecule has 0 aromatic heterocycles. The molecule has 84 valence electrons. The Morgan fingerprint density at radius 3 is 2.36 bits per heavy atom. The lowest BCUT2D eigenvalue weighted by Crippen LogP contribution is -2.30. The van der Waals surface area contributed by atoms with Gasteiger partial charge in [-0.15, -0.1) is 0 Å². The fraction of sp³-hybridized carbons (Fsp3) is 1.00. The predicted molar refractivity (Wildman–Crippen MR) is 63.5 cm³/mol. The fourth-order valence-electron chi connectivity index (χ4n) is 2.74. The molecular formula is C13H27N. The number of hydrogen-bond acceptors (Lipinski definition) is 1. The lowest BCUT2D eigenvalue weighted by molar-refractivity contribution is 0.368. The van der Waals surface area contributed by atoms with Crippen molar-refractivity contribution in [2.24, 2.45) is 11.8 Å². The van der Waals surface area contributed by atoms with Gasteiger partial charge in [0.25, 0.3) is 0 Å². The van der Waals surface area contributed by atoms with Crippen molar-refractivity contribution in [1.82, 2.24) is 5.32 Å².